The van der Waals surface area contributed by atoms with Crippen molar-refractivity contribution >= 4 is 11.9 Å². The van der Waals surface area contributed by atoms with E-state index in [4.69, 9.17) is 9.47 Å². The first-order valence-electron chi connectivity index (χ1n) is 25.8. The molecule has 1 N–H and O–H groups in total. The number of carbonyl (C=O) groups excluding carboxylic acids is 2. The second-order valence-electron chi connectivity index (χ2n) is 16.8. The van der Waals surface area contributed by atoms with Crippen molar-refractivity contribution in [3.63, 3.8) is 0 Å². The molecule has 0 saturated carbocycles. The Labute approximate surface area is 383 Å². The van der Waals surface area contributed by atoms with Crippen LogP contribution in [0.5, 0.6) is 0 Å². The maximum Gasteiger partial charge on any atom is 0.306 e. The Bertz CT molecular complexity index is 1200. The monoisotopic (exact) mass is 861 g/mol. The van der Waals surface area contributed by atoms with E-state index in [1.54, 1.807) is 0 Å². The Kier molecular flexibility index (Phi) is 49.5. The summed E-state index contributed by atoms with van der Waals surface area (Å²) in [5.74, 6) is -0.610. The average Bonchev–Trinajstić information content (AvgIpc) is 3.28. The Morgan fingerprint density at radius 3 is 0.968 bits per heavy atom. The molecule has 5 nitrogen and oxygen atoms in total. The summed E-state index contributed by atoms with van der Waals surface area (Å²) in [4.78, 5) is 24.4. The molecular formula is C57H96O5. The van der Waals surface area contributed by atoms with Gasteiger partial charge in [0.2, 0.25) is 0 Å². The highest BCUT2D eigenvalue weighted by Gasteiger charge is 2.16. The minimum absolute atomic E-state index is 0.0774. The lowest BCUT2D eigenvalue weighted by molar-refractivity contribution is -0.161. The number of aliphatic hydroxyl groups is 1. The summed E-state index contributed by atoms with van der Waals surface area (Å²) in [6.07, 6.45) is 73.7. The van der Waals surface area contributed by atoms with E-state index in [0.29, 0.717) is 12.8 Å². The highest BCUT2D eigenvalue weighted by atomic mass is 16.6. The van der Waals surface area contributed by atoms with Crippen molar-refractivity contribution in [2.24, 2.45) is 0 Å². The summed E-state index contributed by atoms with van der Waals surface area (Å²) in [7, 11) is 0. The average molecular weight is 861 g/mol. The molecule has 0 amide bonds. The van der Waals surface area contributed by atoms with Gasteiger partial charge in [-0.2, -0.15) is 0 Å². The van der Waals surface area contributed by atoms with Crippen LogP contribution in [0.4, 0.5) is 0 Å². The fourth-order valence-electron chi connectivity index (χ4n) is 7.07. The third-order valence-electron chi connectivity index (χ3n) is 10.9. The molecule has 0 aromatic heterocycles. The van der Waals surface area contributed by atoms with Gasteiger partial charge in [-0.05, 0) is 89.9 Å². The summed E-state index contributed by atoms with van der Waals surface area (Å²) >= 11 is 0. The quantitative estimate of drug-likeness (QED) is 0.0375. The van der Waals surface area contributed by atoms with E-state index in [-0.39, 0.29) is 25.2 Å². The Morgan fingerprint density at radius 1 is 0.371 bits per heavy atom. The number of hydrogen-bond acceptors (Lipinski definition) is 5. The minimum Gasteiger partial charge on any atom is -0.462 e. The second kappa shape index (κ2) is 52.2. The number of carbonyl (C=O) groups is 2. The summed E-state index contributed by atoms with van der Waals surface area (Å²) in [6.45, 7) is 3.90. The van der Waals surface area contributed by atoms with Crippen molar-refractivity contribution in [1.82, 2.24) is 0 Å². The lowest BCUT2D eigenvalue weighted by atomic mass is 10.0. The van der Waals surface area contributed by atoms with Crippen LogP contribution in [0.3, 0.4) is 0 Å². The first-order valence-corrected chi connectivity index (χ1v) is 25.8. The molecule has 0 spiro atoms. The molecule has 0 aromatic rings. The van der Waals surface area contributed by atoms with Gasteiger partial charge in [0, 0.05) is 12.8 Å². The second-order valence-corrected chi connectivity index (χ2v) is 16.8. The van der Waals surface area contributed by atoms with Crippen LogP contribution < -0.4 is 0 Å². The molecular weight excluding hydrogens is 765 g/mol. The third kappa shape index (κ3) is 49.5. The fraction of sp³-hybridized carbons (Fsp3) is 0.684. The van der Waals surface area contributed by atoms with Crippen LogP contribution in [0.2, 0.25) is 0 Å². The van der Waals surface area contributed by atoms with Crippen LogP contribution in [0, 0.1) is 0 Å². The van der Waals surface area contributed by atoms with E-state index >= 15 is 0 Å². The predicted octanol–water partition coefficient (Wildman–Crippen LogP) is 17.2. The van der Waals surface area contributed by atoms with Gasteiger partial charge >= 0.3 is 11.9 Å². The molecule has 0 heterocycles. The SMILES string of the molecule is CC/C=C\C/C=C\C/C=C\C/C=C\C/C=C\CCCCCCCCCCCCCCCCCCCC(=O)OC(CO)COC(=O)CCCCCCC/C=C\C/C=C\C/C=C\CC. The van der Waals surface area contributed by atoms with Crippen molar-refractivity contribution in [3.05, 3.63) is 97.2 Å². The Morgan fingerprint density at radius 2 is 0.645 bits per heavy atom. The van der Waals surface area contributed by atoms with E-state index in [2.05, 4.69) is 111 Å². The first kappa shape index (κ1) is 58.8. The highest BCUT2D eigenvalue weighted by molar-refractivity contribution is 5.70. The lowest BCUT2D eigenvalue weighted by Gasteiger charge is -2.15. The number of aliphatic hydroxyl groups excluding tert-OH is 1. The number of ether oxygens (including phenoxy) is 2. The van der Waals surface area contributed by atoms with Crippen LogP contribution in [0.1, 0.15) is 232 Å². The van der Waals surface area contributed by atoms with Crippen LogP contribution >= 0.6 is 0 Å². The first-order chi connectivity index (χ1) is 30.6. The molecule has 0 aliphatic carbocycles. The van der Waals surface area contributed by atoms with Gasteiger partial charge in [-0.1, -0.05) is 227 Å². The molecule has 0 saturated heterocycles. The van der Waals surface area contributed by atoms with Gasteiger partial charge in [0.15, 0.2) is 6.10 Å². The minimum atomic E-state index is -0.783. The van der Waals surface area contributed by atoms with Gasteiger partial charge in [-0.15, -0.1) is 0 Å². The summed E-state index contributed by atoms with van der Waals surface area (Å²) in [6, 6.07) is 0. The predicted molar refractivity (Wildman–Crippen MR) is 269 cm³/mol. The number of esters is 2. The Hall–Kier alpha value is -3.18. The normalized spacial score (nSPS) is 13.0. The van der Waals surface area contributed by atoms with Crippen molar-refractivity contribution in [2.45, 2.75) is 238 Å². The van der Waals surface area contributed by atoms with E-state index < -0.39 is 6.10 Å². The molecule has 0 rings (SSSR count). The van der Waals surface area contributed by atoms with Gasteiger partial charge in [0.1, 0.15) is 6.61 Å². The molecule has 62 heavy (non-hydrogen) atoms. The highest BCUT2D eigenvalue weighted by Crippen LogP contribution is 2.15. The molecule has 5 heteroatoms. The lowest BCUT2D eigenvalue weighted by Crippen LogP contribution is -2.28. The molecule has 0 aliphatic rings. The van der Waals surface area contributed by atoms with Crippen molar-refractivity contribution in [1.29, 1.82) is 0 Å². The zero-order chi connectivity index (χ0) is 44.9. The number of allylic oxidation sites excluding steroid dienone is 16. The molecule has 1 unspecified atom stereocenters. The third-order valence-corrected chi connectivity index (χ3v) is 10.9. The van der Waals surface area contributed by atoms with E-state index in [1.165, 1.54) is 103 Å². The van der Waals surface area contributed by atoms with Crippen LogP contribution in [0.15, 0.2) is 97.2 Å². The molecule has 0 fully saturated rings. The van der Waals surface area contributed by atoms with Crippen LogP contribution in [-0.4, -0.2) is 36.4 Å². The van der Waals surface area contributed by atoms with E-state index in [0.717, 1.165) is 103 Å². The molecule has 0 aliphatic heterocycles. The zero-order valence-corrected chi connectivity index (χ0v) is 40.4. The van der Waals surface area contributed by atoms with Crippen LogP contribution in [-0.2, 0) is 19.1 Å². The maximum absolute atomic E-state index is 12.3. The van der Waals surface area contributed by atoms with Gasteiger partial charge in [0.05, 0.1) is 6.61 Å². The molecule has 0 bridgehead atoms. The summed E-state index contributed by atoms with van der Waals surface area (Å²) in [5.41, 5.74) is 0. The van der Waals surface area contributed by atoms with Gasteiger partial charge in [0.25, 0.3) is 0 Å². The van der Waals surface area contributed by atoms with Gasteiger partial charge in [-0.25, -0.2) is 0 Å². The molecule has 354 valence electrons. The molecule has 1 atom stereocenters. The fourth-order valence-corrected chi connectivity index (χ4v) is 7.07. The Balaban J connectivity index is 3.49. The number of rotatable bonds is 46. The van der Waals surface area contributed by atoms with Crippen LogP contribution in [0.25, 0.3) is 0 Å². The van der Waals surface area contributed by atoms with Gasteiger partial charge in [-0.3, -0.25) is 9.59 Å². The molecule has 0 radical (unpaired) electrons. The summed E-state index contributed by atoms with van der Waals surface area (Å²) in [5, 5.41) is 9.61. The van der Waals surface area contributed by atoms with Gasteiger partial charge < -0.3 is 14.6 Å². The van der Waals surface area contributed by atoms with E-state index in [1.807, 2.05) is 0 Å². The largest absolute Gasteiger partial charge is 0.462 e. The molecule has 0 aromatic carbocycles. The standard InChI is InChI=1S/C57H96O5/c1-3-5-7-9-11-13-15-17-19-20-21-22-23-24-25-26-27-28-29-30-31-32-33-34-35-36-38-40-42-44-46-48-50-52-57(60)62-55(53-58)54-61-56(59)51-49-47-45-43-41-39-37-18-16-14-12-10-8-6-4-2/h5-8,11-14,17-19,21-22,24-25,37,55,58H,3-4,9-10,15-16,20,23,26-36,38-54H2,1-2H3/b7-5-,8-6-,13-11-,14-12-,19-17-,22-21-,25-24-,37-18-. The van der Waals surface area contributed by atoms with Crippen molar-refractivity contribution in [3.8, 4) is 0 Å². The zero-order valence-electron chi connectivity index (χ0n) is 40.4. The van der Waals surface area contributed by atoms with E-state index in [9.17, 15) is 14.7 Å². The maximum atomic E-state index is 12.3. The van der Waals surface area contributed by atoms with Crippen molar-refractivity contribution in [2.75, 3.05) is 13.2 Å². The topological polar surface area (TPSA) is 72.8 Å². The smallest absolute Gasteiger partial charge is 0.306 e. The number of unbranched alkanes of at least 4 members (excludes halogenated alkanes) is 22. The van der Waals surface area contributed by atoms with Crippen molar-refractivity contribution < 1.29 is 24.2 Å². The number of hydrogen-bond donors (Lipinski definition) is 1. The summed E-state index contributed by atoms with van der Waals surface area (Å²) < 4.78 is 10.7.